The molecular weight excluding hydrogens is 739 g/mol. The van der Waals surface area contributed by atoms with Crippen LogP contribution in [0.15, 0.2) is 15.2 Å². The fourth-order valence-electron chi connectivity index (χ4n) is 6.36. The van der Waals surface area contributed by atoms with Gasteiger partial charge in [0, 0.05) is 72.2 Å². The Morgan fingerprint density at radius 1 is 0.772 bits per heavy atom. The van der Waals surface area contributed by atoms with Gasteiger partial charge >= 0.3 is 11.9 Å². The largest absolute Gasteiger partial charge is 0.463 e. The molecule has 3 aliphatic rings. The molecule has 57 heavy (non-hydrogen) atoms. The third kappa shape index (κ3) is 22.8. The first-order valence-corrected chi connectivity index (χ1v) is 19.6. The molecule has 18 nitrogen and oxygen atoms in total. The number of esters is 2. The lowest BCUT2D eigenvalue weighted by Gasteiger charge is -2.44. The maximum absolute atomic E-state index is 11.6. The quantitative estimate of drug-likeness (QED) is 0.0325. The summed E-state index contributed by atoms with van der Waals surface area (Å²) in [6, 6.07) is -0.171. The lowest BCUT2D eigenvalue weighted by molar-refractivity contribution is -0.244. The van der Waals surface area contributed by atoms with Gasteiger partial charge < -0.3 is 38.8 Å². The third-order valence-electron chi connectivity index (χ3n) is 9.99. The monoisotopic (exact) mass is 810 g/mol. The second kappa shape index (κ2) is 32.4. The summed E-state index contributed by atoms with van der Waals surface area (Å²) in [6.45, 7) is 16.8. The van der Waals surface area contributed by atoms with E-state index in [9.17, 15) is 14.4 Å². The molecule has 3 radical (unpaired) electrons. The smallest absolute Gasteiger partial charge is 0.302 e. The van der Waals surface area contributed by atoms with Crippen LogP contribution in [0.3, 0.4) is 0 Å². The third-order valence-corrected chi connectivity index (χ3v) is 9.99. The first kappa shape index (κ1) is 55.5. The van der Waals surface area contributed by atoms with Crippen LogP contribution in [0.1, 0.15) is 121 Å². The number of rotatable bonds is 20. The Bertz CT molecular complexity index is 1270. The molecular formula is C38H70BN8O10. The highest BCUT2D eigenvalue weighted by Crippen LogP contribution is 2.36. The van der Waals surface area contributed by atoms with Crippen molar-refractivity contribution in [1.29, 1.82) is 0 Å². The maximum atomic E-state index is 11.6. The van der Waals surface area contributed by atoms with Gasteiger partial charge in [-0.2, -0.15) is 0 Å². The zero-order valence-corrected chi connectivity index (χ0v) is 34.7. The predicted octanol–water partition coefficient (Wildman–Crippen LogP) is 6.80. The molecule has 0 aliphatic carbocycles. The SMILES string of the molecule is C.CC(=O)NC1C(OCCCCCCCCN=[N+]=[N-])OC(COC(C)=O)C(C)C1C.CC(=O)OCC1OC2OC(C)=NC2C(C)C1C.[B].[N-]=[N+]=NCCCCCO. The van der Waals surface area contributed by atoms with E-state index in [1.54, 1.807) is 0 Å². The van der Waals surface area contributed by atoms with Crippen molar-refractivity contribution in [2.24, 2.45) is 38.9 Å². The number of azide groups is 2. The topological polar surface area (TPSA) is 249 Å². The highest BCUT2D eigenvalue weighted by atomic mass is 16.7. The predicted molar refractivity (Wildman–Crippen MR) is 218 cm³/mol. The average Bonchev–Trinajstić information content (AvgIpc) is 3.52. The number of amides is 1. The molecule has 1 amide bonds. The summed E-state index contributed by atoms with van der Waals surface area (Å²) in [5.41, 5.74) is 16.1. The highest BCUT2D eigenvalue weighted by Gasteiger charge is 2.46. The normalized spacial score (nSPS) is 26.8. The van der Waals surface area contributed by atoms with Gasteiger partial charge in [0.25, 0.3) is 0 Å². The van der Waals surface area contributed by atoms with Crippen LogP contribution in [-0.4, -0.2) is 114 Å². The van der Waals surface area contributed by atoms with Gasteiger partial charge in [-0.3, -0.25) is 14.4 Å². The molecule has 10 unspecified atom stereocenters. The van der Waals surface area contributed by atoms with Gasteiger partial charge in [-0.25, -0.2) is 4.99 Å². The molecule has 3 rings (SSSR count). The van der Waals surface area contributed by atoms with E-state index in [4.69, 9.17) is 44.6 Å². The standard InChI is InChI=1S/C20H36N4O5.C12H19NO4.C5H11N3O.CH4.B/c1-14-15(2)19(23-16(3)25)20(29-18(14)13-28-17(4)26)27-12-10-8-6-5-7-9-11-22-24-21;1-6-7(2)11-12(16-8(3)13-11)17-10(6)5-15-9(4)14;6-8-7-4-2-1-3-5-9;;/h14-15,18-20H,5-13H2,1-4H3,(H,23,25);6-7,10-12H,5H2,1-4H3;9H,1-5H2;1H4;. The van der Waals surface area contributed by atoms with Crippen LogP contribution in [0.2, 0.25) is 0 Å². The molecule has 2 fully saturated rings. The van der Waals surface area contributed by atoms with Crippen LogP contribution < -0.4 is 5.32 Å². The van der Waals surface area contributed by atoms with Gasteiger partial charge in [0.1, 0.15) is 19.3 Å². The first-order chi connectivity index (χ1) is 26.3. The number of unbranched alkanes of at least 4 members (excludes halogenated alkanes) is 7. The van der Waals surface area contributed by atoms with Gasteiger partial charge in [0.15, 0.2) is 12.2 Å². The minimum Gasteiger partial charge on any atom is -0.463 e. The Hall–Kier alpha value is -3.60. The van der Waals surface area contributed by atoms with E-state index in [0.717, 1.165) is 57.8 Å². The van der Waals surface area contributed by atoms with Gasteiger partial charge in [-0.05, 0) is 60.4 Å². The number of carbonyl (C=O) groups excluding carboxylic acids is 3. The summed E-state index contributed by atoms with van der Waals surface area (Å²) in [4.78, 5) is 43.4. The van der Waals surface area contributed by atoms with Crippen molar-refractivity contribution in [3.05, 3.63) is 20.9 Å². The van der Waals surface area contributed by atoms with Crippen molar-refractivity contribution in [2.45, 2.75) is 157 Å². The second-order valence-electron chi connectivity index (χ2n) is 14.3. The van der Waals surface area contributed by atoms with Crippen molar-refractivity contribution in [3.63, 3.8) is 0 Å². The van der Waals surface area contributed by atoms with E-state index in [1.807, 2.05) is 13.8 Å². The molecule has 2 saturated heterocycles. The Morgan fingerprint density at radius 2 is 1.26 bits per heavy atom. The fraction of sp³-hybridized carbons (Fsp3) is 0.895. The van der Waals surface area contributed by atoms with Crippen LogP contribution in [-0.2, 0) is 42.8 Å². The van der Waals surface area contributed by atoms with E-state index in [1.165, 1.54) is 20.8 Å². The summed E-state index contributed by atoms with van der Waals surface area (Å²) >= 11 is 0. The van der Waals surface area contributed by atoms with Crippen molar-refractivity contribution in [3.8, 4) is 0 Å². The molecule has 2 N–H and O–H groups in total. The molecule has 0 aromatic rings. The Labute approximate surface area is 341 Å². The number of hydrogen-bond donors (Lipinski definition) is 2. The first-order valence-electron chi connectivity index (χ1n) is 19.6. The summed E-state index contributed by atoms with van der Waals surface area (Å²) < 4.78 is 33.5. The number of ether oxygens (including phenoxy) is 6. The molecule has 0 bridgehead atoms. The van der Waals surface area contributed by atoms with Crippen LogP contribution in [0.5, 0.6) is 0 Å². The van der Waals surface area contributed by atoms with E-state index >= 15 is 0 Å². The van der Waals surface area contributed by atoms with Crippen molar-refractivity contribution >= 4 is 32.2 Å². The van der Waals surface area contributed by atoms with Crippen LogP contribution >= 0.6 is 0 Å². The highest BCUT2D eigenvalue weighted by molar-refractivity contribution is 5.76. The summed E-state index contributed by atoms with van der Waals surface area (Å²) in [5, 5.41) is 18.1. The Balaban J connectivity index is 0. The number of aliphatic hydroxyl groups is 1. The molecule has 3 heterocycles. The minimum atomic E-state index is -0.561. The number of aliphatic imine (C=N–C) groups is 1. The van der Waals surface area contributed by atoms with E-state index in [0.29, 0.717) is 31.5 Å². The molecule has 325 valence electrons. The zero-order valence-electron chi connectivity index (χ0n) is 34.7. The van der Waals surface area contributed by atoms with Gasteiger partial charge in [-0.15, -0.1) is 0 Å². The van der Waals surface area contributed by atoms with Gasteiger partial charge in [0.05, 0.1) is 18.2 Å². The van der Waals surface area contributed by atoms with E-state index in [2.05, 4.69) is 51.1 Å². The molecule has 0 aromatic heterocycles. The molecule has 0 spiro atoms. The lowest BCUT2D eigenvalue weighted by Crippen LogP contribution is -2.58. The van der Waals surface area contributed by atoms with Crippen LogP contribution in [0.4, 0.5) is 0 Å². The van der Waals surface area contributed by atoms with Crippen molar-refractivity contribution < 1.29 is 47.9 Å². The molecule has 0 aromatic carbocycles. The number of nitrogens with one attached hydrogen (secondary N) is 1. The van der Waals surface area contributed by atoms with E-state index < -0.39 is 6.29 Å². The molecule has 10 atom stereocenters. The summed E-state index contributed by atoms with van der Waals surface area (Å²) in [6.07, 6.45) is 7.51. The zero-order chi connectivity index (χ0) is 41.2. The lowest BCUT2D eigenvalue weighted by atomic mass is 9.82. The maximum Gasteiger partial charge on any atom is 0.302 e. The molecule has 3 aliphatic heterocycles. The number of aliphatic hydroxyl groups excluding tert-OH is 1. The fourth-order valence-corrected chi connectivity index (χ4v) is 6.36. The molecule has 19 heteroatoms. The number of hydrogen-bond acceptors (Lipinski definition) is 13. The van der Waals surface area contributed by atoms with Crippen molar-refractivity contribution in [2.75, 3.05) is 39.5 Å². The van der Waals surface area contributed by atoms with Crippen LogP contribution in [0.25, 0.3) is 20.9 Å². The van der Waals surface area contributed by atoms with Gasteiger partial charge in [-0.1, -0.05) is 77.5 Å². The van der Waals surface area contributed by atoms with Gasteiger partial charge in [0.2, 0.25) is 12.2 Å². The van der Waals surface area contributed by atoms with E-state index in [-0.39, 0.29) is 102 Å². The minimum absolute atomic E-state index is 0. The Kier molecular flexibility index (Phi) is 31.5. The summed E-state index contributed by atoms with van der Waals surface area (Å²) in [5.74, 6) is 0.800. The van der Waals surface area contributed by atoms with Crippen molar-refractivity contribution in [1.82, 2.24) is 5.32 Å². The Morgan fingerprint density at radius 3 is 1.77 bits per heavy atom. The second-order valence-corrected chi connectivity index (χ2v) is 14.3. The average molecular weight is 810 g/mol. The number of carbonyl (C=O) groups is 3. The number of nitrogens with zero attached hydrogens (tertiary/aromatic N) is 7. The number of fused-ring (bicyclic) bond motifs is 1. The molecule has 0 saturated carbocycles. The van der Waals surface area contributed by atoms with Crippen LogP contribution in [0, 0.1) is 23.7 Å². The summed E-state index contributed by atoms with van der Waals surface area (Å²) in [7, 11) is 0.